The van der Waals surface area contributed by atoms with E-state index in [0.717, 1.165) is 66.1 Å². The predicted molar refractivity (Wildman–Crippen MR) is 195 cm³/mol. The summed E-state index contributed by atoms with van der Waals surface area (Å²) >= 11 is 0. The number of para-hydroxylation sites is 2. The van der Waals surface area contributed by atoms with Crippen LogP contribution in [0.25, 0.3) is 94.4 Å². The largest absolute Gasteiger partial charge is 0.456 e. The van der Waals surface area contributed by atoms with Crippen molar-refractivity contribution in [3.63, 3.8) is 0 Å². The van der Waals surface area contributed by atoms with Gasteiger partial charge in [0.05, 0.1) is 11.0 Å². The maximum absolute atomic E-state index is 6.41. The third-order valence-corrected chi connectivity index (χ3v) is 9.21. The summed E-state index contributed by atoms with van der Waals surface area (Å²) < 4.78 is 8.72. The number of furan rings is 1. The number of benzene rings is 7. The van der Waals surface area contributed by atoms with E-state index in [-0.39, 0.29) is 0 Å². The van der Waals surface area contributed by atoms with Gasteiger partial charge in [-0.2, -0.15) is 0 Å². The van der Waals surface area contributed by atoms with E-state index in [1.165, 1.54) is 10.8 Å². The molecule has 5 heteroatoms. The minimum absolute atomic E-state index is 0.600. The normalized spacial score (nSPS) is 11.8. The van der Waals surface area contributed by atoms with Crippen molar-refractivity contribution < 1.29 is 4.42 Å². The Morgan fingerprint density at radius 2 is 1.02 bits per heavy atom. The third-order valence-electron chi connectivity index (χ3n) is 9.21. The van der Waals surface area contributed by atoms with Crippen molar-refractivity contribution in [3.8, 4) is 39.9 Å². The van der Waals surface area contributed by atoms with E-state index in [2.05, 4.69) is 120 Å². The van der Waals surface area contributed by atoms with Crippen LogP contribution in [0.1, 0.15) is 0 Å². The second-order valence-electron chi connectivity index (χ2n) is 12.1. The van der Waals surface area contributed by atoms with E-state index < -0.39 is 0 Å². The van der Waals surface area contributed by atoms with E-state index >= 15 is 0 Å². The van der Waals surface area contributed by atoms with Crippen LogP contribution in [0.3, 0.4) is 0 Å². The van der Waals surface area contributed by atoms with E-state index in [4.69, 9.17) is 19.4 Å². The van der Waals surface area contributed by atoms with E-state index in [1.54, 1.807) is 0 Å². The van der Waals surface area contributed by atoms with Crippen LogP contribution in [0.15, 0.2) is 162 Å². The molecule has 0 aliphatic heterocycles. The van der Waals surface area contributed by atoms with Gasteiger partial charge in [0.25, 0.3) is 0 Å². The molecule has 5 nitrogen and oxygen atoms in total. The number of fused-ring (bicyclic) bond motifs is 7. The van der Waals surface area contributed by atoms with Gasteiger partial charge >= 0.3 is 0 Å². The highest BCUT2D eigenvalue weighted by Gasteiger charge is 2.19. The van der Waals surface area contributed by atoms with Crippen LogP contribution >= 0.6 is 0 Å². The van der Waals surface area contributed by atoms with E-state index in [0.29, 0.717) is 17.5 Å². The summed E-state index contributed by atoms with van der Waals surface area (Å²) in [5.41, 5.74) is 7.74. The van der Waals surface area contributed by atoms with Crippen LogP contribution in [0, 0.1) is 0 Å². The molecule has 0 fully saturated rings. The molecule has 224 valence electrons. The molecule has 3 aromatic heterocycles. The molecule has 0 unspecified atom stereocenters. The van der Waals surface area contributed by atoms with Crippen molar-refractivity contribution in [2.24, 2.45) is 0 Å². The molecule has 0 saturated heterocycles. The molecule has 10 aromatic rings. The highest BCUT2D eigenvalue weighted by molar-refractivity contribution is 6.15. The lowest BCUT2D eigenvalue weighted by Crippen LogP contribution is -2.01. The van der Waals surface area contributed by atoms with Crippen molar-refractivity contribution in [2.45, 2.75) is 0 Å². The van der Waals surface area contributed by atoms with Crippen LogP contribution in [-0.2, 0) is 0 Å². The van der Waals surface area contributed by atoms with Gasteiger partial charge in [-0.25, -0.2) is 15.0 Å². The molecule has 48 heavy (non-hydrogen) atoms. The lowest BCUT2D eigenvalue weighted by molar-refractivity contribution is 0.669. The minimum Gasteiger partial charge on any atom is -0.456 e. The Labute approximate surface area is 275 Å². The first-order chi connectivity index (χ1) is 23.8. The first kappa shape index (κ1) is 26.6. The fourth-order valence-corrected chi connectivity index (χ4v) is 7.02. The summed E-state index contributed by atoms with van der Waals surface area (Å²) in [5, 5.41) is 6.78. The first-order valence-corrected chi connectivity index (χ1v) is 16.0. The molecular formula is C43H26N4O. The molecule has 0 aliphatic carbocycles. The molecule has 0 aliphatic rings. The monoisotopic (exact) mass is 614 g/mol. The predicted octanol–water partition coefficient (Wildman–Crippen LogP) is 11.0. The quantitative estimate of drug-likeness (QED) is 0.198. The lowest BCUT2D eigenvalue weighted by Gasteiger charge is -2.12. The number of nitrogens with zero attached hydrogens (tertiary/aromatic N) is 4. The zero-order valence-corrected chi connectivity index (χ0v) is 25.7. The summed E-state index contributed by atoms with van der Waals surface area (Å²) in [7, 11) is 0. The first-order valence-electron chi connectivity index (χ1n) is 16.0. The van der Waals surface area contributed by atoms with Crippen molar-refractivity contribution in [1.82, 2.24) is 19.5 Å². The van der Waals surface area contributed by atoms with Gasteiger partial charge in [-0.05, 0) is 53.2 Å². The van der Waals surface area contributed by atoms with Gasteiger partial charge in [0, 0.05) is 43.9 Å². The average Bonchev–Trinajstić information content (AvgIpc) is 3.69. The van der Waals surface area contributed by atoms with Crippen molar-refractivity contribution in [3.05, 3.63) is 158 Å². The zero-order valence-electron chi connectivity index (χ0n) is 25.7. The van der Waals surface area contributed by atoms with Gasteiger partial charge in [0.2, 0.25) is 0 Å². The topological polar surface area (TPSA) is 56.7 Å². The minimum atomic E-state index is 0.600. The summed E-state index contributed by atoms with van der Waals surface area (Å²) in [6.45, 7) is 0. The SMILES string of the molecule is c1ccc(-c2nc(-c3cccc(-n4c5ccccc5c5ccccc54)c3)nc(-c3cccc4oc5cc6ccccc6cc5c34)n2)cc1. The fourth-order valence-electron chi connectivity index (χ4n) is 7.02. The molecule has 0 N–H and O–H groups in total. The standard InChI is InChI=1S/C43H26N4O/c1-2-12-27(13-3-1)41-44-42(30-16-10-17-31(24-30)47-36-21-8-6-18-32(36)33-19-7-9-22-37(33)47)46-43(45-41)34-20-11-23-38-40(34)35-25-28-14-4-5-15-29(28)26-39(35)48-38/h1-26H. The molecule has 0 radical (unpaired) electrons. The van der Waals surface area contributed by atoms with Crippen LogP contribution in [-0.4, -0.2) is 19.5 Å². The van der Waals surface area contributed by atoms with Crippen LogP contribution < -0.4 is 0 Å². The molecule has 3 heterocycles. The molecule has 0 bridgehead atoms. The van der Waals surface area contributed by atoms with Crippen LogP contribution in [0.4, 0.5) is 0 Å². The number of rotatable bonds is 4. The second kappa shape index (κ2) is 10.5. The van der Waals surface area contributed by atoms with Gasteiger partial charge < -0.3 is 8.98 Å². The van der Waals surface area contributed by atoms with Gasteiger partial charge in [-0.15, -0.1) is 0 Å². The summed E-state index contributed by atoms with van der Waals surface area (Å²) in [4.78, 5) is 15.3. The molecule has 0 amide bonds. The molecule has 7 aromatic carbocycles. The Morgan fingerprint density at radius 1 is 0.417 bits per heavy atom. The Balaban J connectivity index is 1.21. The second-order valence-corrected chi connectivity index (χ2v) is 12.1. The summed E-state index contributed by atoms with van der Waals surface area (Å²) in [6, 6.07) is 54.5. The maximum Gasteiger partial charge on any atom is 0.164 e. The highest BCUT2D eigenvalue weighted by Crippen LogP contribution is 2.39. The summed E-state index contributed by atoms with van der Waals surface area (Å²) in [5.74, 6) is 1.83. The van der Waals surface area contributed by atoms with Gasteiger partial charge in [-0.3, -0.25) is 0 Å². The van der Waals surface area contributed by atoms with Crippen molar-refractivity contribution in [2.75, 3.05) is 0 Å². The van der Waals surface area contributed by atoms with Gasteiger partial charge in [-0.1, -0.05) is 115 Å². The van der Waals surface area contributed by atoms with Gasteiger partial charge in [0.15, 0.2) is 17.5 Å². The Hall–Kier alpha value is -6.59. The van der Waals surface area contributed by atoms with E-state index in [1.807, 2.05) is 42.5 Å². The van der Waals surface area contributed by atoms with Crippen LogP contribution in [0.5, 0.6) is 0 Å². The number of aromatic nitrogens is 4. The Morgan fingerprint density at radius 3 is 1.79 bits per heavy atom. The molecule has 0 saturated carbocycles. The van der Waals surface area contributed by atoms with Gasteiger partial charge in [0.1, 0.15) is 11.2 Å². The lowest BCUT2D eigenvalue weighted by atomic mass is 10.0. The van der Waals surface area contributed by atoms with Crippen molar-refractivity contribution in [1.29, 1.82) is 0 Å². The summed E-state index contributed by atoms with van der Waals surface area (Å²) in [6.07, 6.45) is 0. The molecule has 0 atom stereocenters. The highest BCUT2D eigenvalue weighted by atomic mass is 16.3. The Kier molecular flexibility index (Phi) is 5.81. The third kappa shape index (κ3) is 4.15. The van der Waals surface area contributed by atoms with Crippen molar-refractivity contribution >= 4 is 54.5 Å². The zero-order chi connectivity index (χ0) is 31.6. The Bertz CT molecular complexity index is 2800. The van der Waals surface area contributed by atoms with E-state index in [9.17, 15) is 0 Å². The maximum atomic E-state index is 6.41. The molecule has 10 rings (SSSR count). The fraction of sp³-hybridized carbons (Fsp3) is 0. The average molecular weight is 615 g/mol. The molecular weight excluding hydrogens is 589 g/mol. The number of hydrogen-bond acceptors (Lipinski definition) is 4. The number of hydrogen-bond donors (Lipinski definition) is 0. The molecule has 0 spiro atoms. The van der Waals surface area contributed by atoms with Crippen LogP contribution in [0.2, 0.25) is 0 Å². The smallest absolute Gasteiger partial charge is 0.164 e.